The molecule has 18 heavy (non-hydrogen) atoms. The van der Waals surface area contributed by atoms with Crippen LogP contribution in [0.25, 0.3) is 10.9 Å². The van der Waals surface area contributed by atoms with E-state index in [2.05, 4.69) is 42.8 Å². The van der Waals surface area contributed by atoms with E-state index in [0.717, 1.165) is 29.7 Å². The summed E-state index contributed by atoms with van der Waals surface area (Å²) in [5.74, 6) is 0.634. The number of anilines is 2. The van der Waals surface area contributed by atoms with Gasteiger partial charge in [0.25, 0.3) is 0 Å². The highest BCUT2D eigenvalue weighted by Crippen LogP contribution is 2.29. The maximum atomic E-state index is 5.99. The summed E-state index contributed by atoms with van der Waals surface area (Å²) < 4.78 is 0. The Morgan fingerprint density at radius 2 is 2.06 bits per heavy atom. The van der Waals surface area contributed by atoms with Crippen LogP contribution >= 0.6 is 0 Å². The monoisotopic (exact) mass is 243 g/mol. The second-order valence-electron chi connectivity index (χ2n) is 5.01. The van der Waals surface area contributed by atoms with E-state index in [1.807, 2.05) is 12.1 Å². The highest BCUT2D eigenvalue weighted by Gasteiger charge is 2.11. The first-order valence-electron chi connectivity index (χ1n) is 6.51. The number of nitrogen functional groups attached to an aromatic ring is 1. The number of rotatable bonds is 4. The summed E-state index contributed by atoms with van der Waals surface area (Å²) in [5.41, 5.74) is 8.86. The largest absolute Gasteiger partial charge is 0.397 e. The van der Waals surface area contributed by atoms with Crippen LogP contribution < -0.4 is 10.6 Å². The molecule has 0 radical (unpaired) electrons. The lowest BCUT2D eigenvalue weighted by Gasteiger charge is -2.26. The number of fused-ring (bicyclic) bond motifs is 1. The Kier molecular flexibility index (Phi) is 3.70. The summed E-state index contributed by atoms with van der Waals surface area (Å²) in [5, 5.41) is 1.14. The summed E-state index contributed by atoms with van der Waals surface area (Å²) in [6, 6.07) is 8.12. The molecule has 3 nitrogen and oxygen atoms in total. The van der Waals surface area contributed by atoms with E-state index >= 15 is 0 Å². The van der Waals surface area contributed by atoms with Crippen molar-refractivity contribution >= 4 is 22.3 Å². The van der Waals surface area contributed by atoms with Crippen LogP contribution in [0.3, 0.4) is 0 Å². The molecule has 96 valence electrons. The smallest absolute Gasteiger partial charge is 0.0951 e. The van der Waals surface area contributed by atoms with Gasteiger partial charge >= 0.3 is 0 Å². The average Bonchev–Trinajstić information content (AvgIpc) is 2.37. The molecule has 1 aromatic heterocycles. The van der Waals surface area contributed by atoms with Crippen molar-refractivity contribution in [1.82, 2.24) is 4.98 Å². The Hall–Kier alpha value is -1.77. The summed E-state index contributed by atoms with van der Waals surface area (Å²) in [6.07, 6.45) is 1.79. The topological polar surface area (TPSA) is 42.1 Å². The lowest BCUT2D eigenvalue weighted by molar-refractivity contribution is 0.620. The number of nitrogens with two attached hydrogens (primary N) is 1. The van der Waals surface area contributed by atoms with Crippen LogP contribution in [-0.2, 0) is 0 Å². The second-order valence-corrected chi connectivity index (χ2v) is 5.01. The molecule has 2 rings (SSSR count). The van der Waals surface area contributed by atoms with Crippen LogP contribution in [0.1, 0.15) is 20.8 Å². The first-order chi connectivity index (χ1) is 8.63. The third kappa shape index (κ3) is 2.40. The Balaban J connectivity index is 2.53. The number of hydrogen-bond donors (Lipinski definition) is 1. The van der Waals surface area contributed by atoms with E-state index in [0.29, 0.717) is 5.92 Å². The summed E-state index contributed by atoms with van der Waals surface area (Å²) >= 11 is 0. The van der Waals surface area contributed by atoms with E-state index in [1.54, 1.807) is 6.20 Å². The summed E-state index contributed by atoms with van der Waals surface area (Å²) in [6.45, 7) is 8.69. The highest BCUT2D eigenvalue weighted by atomic mass is 15.1. The molecule has 0 aliphatic rings. The minimum absolute atomic E-state index is 0.634. The molecule has 1 heterocycles. The third-order valence-corrected chi connectivity index (χ3v) is 3.09. The van der Waals surface area contributed by atoms with Crippen LogP contribution in [0.15, 0.2) is 30.5 Å². The van der Waals surface area contributed by atoms with Crippen LogP contribution in [0.5, 0.6) is 0 Å². The number of pyridine rings is 1. The van der Waals surface area contributed by atoms with Gasteiger partial charge in [-0.2, -0.15) is 0 Å². The second kappa shape index (κ2) is 5.25. The van der Waals surface area contributed by atoms with Crippen LogP contribution in [0.2, 0.25) is 0 Å². The van der Waals surface area contributed by atoms with Gasteiger partial charge in [0.2, 0.25) is 0 Å². The van der Waals surface area contributed by atoms with Crippen molar-refractivity contribution in [1.29, 1.82) is 0 Å². The zero-order chi connectivity index (χ0) is 13.1. The van der Waals surface area contributed by atoms with Crippen molar-refractivity contribution in [3.05, 3.63) is 30.5 Å². The molecule has 0 aliphatic heterocycles. The van der Waals surface area contributed by atoms with Gasteiger partial charge in [0.15, 0.2) is 0 Å². The predicted octanol–water partition coefficient (Wildman–Crippen LogP) is 3.30. The number of nitrogens with zero attached hydrogens (tertiary/aromatic N) is 2. The Labute approximate surface area is 109 Å². The van der Waals surface area contributed by atoms with E-state index in [4.69, 9.17) is 5.73 Å². The molecule has 0 amide bonds. The van der Waals surface area contributed by atoms with Crippen LogP contribution in [-0.4, -0.2) is 18.1 Å². The van der Waals surface area contributed by atoms with E-state index in [-0.39, 0.29) is 0 Å². The minimum Gasteiger partial charge on any atom is -0.397 e. The number of hydrogen-bond acceptors (Lipinski definition) is 3. The Morgan fingerprint density at radius 1 is 1.28 bits per heavy atom. The van der Waals surface area contributed by atoms with Crippen molar-refractivity contribution in [3.8, 4) is 0 Å². The van der Waals surface area contributed by atoms with Gasteiger partial charge in [-0.05, 0) is 37.1 Å². The quantitative estimate of drug-likeness (QED) is 0.838. The normalized spacial score (nSPS) is 11.1. The number of aromatic nitrogens is 1. The molecule has 0 atom stereocenters. The standard InChI is InChI=1S/C15H21N3/c1-4-18(10-11(2)3)14-8-7-13(16)15-12(14)6-5-9-17-15/h5-9,11H,4,10,16H2,1-3H3. The van der Waals surface area contributed by atoms with Crippen molar-refractivity contribution < 1.29 is 0 Å². The summed E-state index contributed by atoms with van der Waals surface area (Å²) in [4.78, 5) is 6.77. The van der Waals surface area contributed by atoms with Gasteiger partial charge in [0.05, 0.1) is 11.2 Å². The lowest BCUT2D eigenvalue weighted by Crippen LogP contribution is -2.27. The van der Waals surface area contributed by atoms with Crippen molar-refractivity contribution in [2.45, 2.75) is 20.8 Å². The molecule has 2 N–H and O–H groups in total. The summed E-state index contributed by atoms with van der Waals surface area (Å²) in [7, 11) is 0. The van der Waals surface area contributed by atoms with E-state index in [9.17, 15) is 0 Å². The maximum Gasteiger partial charge on any atom is 0.0951 e. The molecule has 3 heteroatoms. The lowest BCUT2D eigenvalue weighted by atomic mass is 10.1. The molecule has 0 spiro atoms. The zero-order valence-electron chi connectivity index (χ0n) is 11.4. The maximum absolute atomic E-state index is 5.99. The van der Waals surface area contributed by atoms with Gasteiger partial charge in [-0.25, -0.2) is 0 Å². The Bertz CT molecular complexity index is 534. The minimum atomic E-state index is 0.634. The third-order valence-electron chi connectivity index (χ3n) is 3.09. The SMILES string of the molecule is CCN(CC(C)C)c1ccc(N)c2ncccc12. The van der Waals surface area contributed by atoms with Crippen LogP contribution in [0.4, 0.5) is 11.4 Å². The van der Waals surface area contributed by atoms with E-state index < -0.39 is 0 Å². The molecule has 0 bridgehead atoms. The molecular formula is C15H21N3. The fraction of sp³-hybridized carbons (Fsp3) is 0.400. The van der Waals surface area contributed by atoms with Crippen molar-refractivity contribution in [2.24, 2.45) is 5.92 Å². The van der Waals surface area contributed by atoms with E-state index in [1.165, 1.54) is 5.69 Å². The van der Waals surface area contributed by atoms with Gasteiger partial charge < -0.3 is 10.6 Å². The average molecular weight is 243 g/mol. The van der Waals surface area contributed by atoms with Crippen molar-refractivity contribution in [3.63, 3.8) is 0 Å². The molecule has 0 fully saturated rings. The zero-order valence-corrected chi connectivity index (χ0v) is 11.4. The highest BCUT2D eigenvalue weighted by molar-refractivity contribution is 5.98. The Morgan fingerprint density at radius 3 is 2.72 bits per heavy atom. The van der Waals surface area contributed by atoms with Crippen molar-refractivity contribution in [2.75, 3.05) is 23.7 Å². The molecule has 1 aromatic carbocycles. The van der Waals surface area contributed by atoms with Crippen LogP contribution in [0, 0.1) is 5.92 Å². The fourth-order valence-electron chi connectivity index (χ4n) is 2.29. The molecule has 2 aromatic rings. The van der Waals surface area contributed by atoms with Gasteiger partial charge in [0, 0.05) is 30.4 Å². The predicted molar refractivity (Wildman–Crippen MR) is 78.9 cm³/mol. The first kappa shape index (κ1) is 12.7. The molecule has 0 saturated carbocycles. The molecule has 0 unspecified atom stereocenters. The molecular weight excluding hydrogens is 222 g/mol. The van der Waals surface area contributed by atoms with Gasteiger partial charge in [-0.1, -0.05) is 13.8 Å². The molecule has 0 saturated heterocycles. The molecule has 0 aliphatic carbocycles. The van der Waals surface area contributed by atoms with Gasteiger partial charge in [-0.3, -0.25) is 4.98 Å². The fourth-order valence-corrected chi connectivity index (χ4v) is 2.29. The van der Waals surface area contributed by atoms with Gasteiger partial charge in [0.1, 0.15) is 0 Å². The van der Waals surface area contributed by atoms with Gasteiger partial charge in [-0.15, -0.1) is 0 Å². The number of benzene rings is 1. The first-order valence-corrected chi connectivity index (χ1v) is 6.51.